The molecule has 0 saturated carbocycles. The van der Waals surface area contributed by atoms with E-state index in [1.165, 1.54) is 28.2 Å². The number of amides is 2. The number of nitrogens with two attached hydrogens (primary N) is 1. The normalized spacial score (nSPS) is 12.0. The molecule has 6 N–H and O–H groups in total. The van der Waals surface area contributed by atoms with Crippen molar-refractivity contribution in [3.8, 4) is 16.1 Å². The molecule has 47 heavy (non-hydrogen) atoms. The summed E-state index contributed by atoms with van der Waals surface area (Å²) in [5.41, 5.74) is 6.12. The Balaban J connectivity index is 1.73. The topological polar surface area (TPSA) is 135 Å². The summed E-state index contributed by atoms with van der Waals surface area (Å²) in [7, 11) is 0. The molecule has 0 spiro atoms. The molecule has 0 saturated heterocycles. The molecular weight excluding hydrogens is 624 g/mol. The van der Waals surface area contributed by atoms with E-state index in [-0.39, 0.29) is 34.4 Å². The fraction of sp³-hybridized carbons (Fsp3) is 0.206. The number of anilines is 1. The number of carbonyl (C=O) groups is 1. The van der Waals surface area contributed by atoms with Gasteiger partial charge in [-0.05, 0) is 61.4 Å². The van der Waals surface area contributed by atoms with Gasteiger partial charge in [0.25, 0.3) is 5.56 Å². The Bertz CT molecular complexity index is 2000. The van der Waals surface area contributed by atoms with E-state index in [4.69, 9.17) is 5.73 Å². The van der Waals surface area contributed by atoms with Gasteiger partial charge in [-0.2, -0.15) is 0 Å². The van der Waals surface area contributed by atoms with Crippen LogP contribution in [0.15, 0.2) is 94.8 Å². The first-order chi connectivity index (χ1) is 22.7. The Hall–Kier alpha value is -5.27. The molecule has 0 aliphatic rings. The molecule has 0 radical (unpaired) electrons. The predicted molar refractivity (Wildman–Crippen MR) is 183 cm³/mol. The molecule has 13 heteroatoms. The molecule has 0 aliphatic carbocycles. The summed E-state index contributed by atoms with van der Waals surface area (Å²) in [5.74, 6) is -1.60. The zero-order valence-electron chi connectivity index (χ0n) is 25.8. The van der Waals surface area contributed by atoms with Crippen LogP contribution in [0, 0.1) is 11.6 Å². The quantitative estimate of drug-likeness (QED) is 0.130. The number of para-hydroxylation sites is 1. The first-order valence-corrected chi connectivity index (χ1v) is 15.8. The highest BCUT2D eigenvalue weighted by Crippen LogP contribution is 2.38. The number of hydrogen-bond acceptors (Lipinski definition) is 7. The Morgan fingerprint density at radius 2 is 1.68 bits per heavy atom. The van der Waals surface area contributed by atoms with E-state index in [0.717, 1.165) is 22.3 Å². The van der Waals surface area contributed by atoms with Crippen LogP contribution in [0.4, 0.5) is 19.3 Å². The summed E-state index contributed by atoms with van der Waals surface area (Å²) in [5, 5.41) is 12.2. The van der Waals surface area contributed by atoms with Crippen molar-refractivity contribution >= 4 is 33.3 Å². The highest BCUT2D eigenvalue weighted by molar-refractivity contribution is 7.22. The van der Waals surface area contributed by atoms with Crippen LogP contribution in [-0.2, 0) is 13.1 Å². The summed E-state index contributed by atoms with van der Waals surface area (Å²) in [6.45, 7) is 4.56. The number of hydrogen-bond donors (Lipinski definition) is 5. The standard InChI is InChI=1S/C34H35F2N7O3S/c1-3-39-33(45)41-23-14-12-22(13-15-23)30-25(19-38-18-21(2)40-17-16-37)29-31(44)43(24-8-5-4-6-9-24)34(46)42(32(29)47-30)20-26-27(35)10-7-11-28(26)36/h4-17,21,38,40H,3,18-20,37H2,1-2H3,(H2,39,41,45)/b17-16-. The summed E-state index contributed by atoms with van der Waals surface area (Å²) in [6.07, 6.45) is 3.03. The maximum absolute atomic E-state index is 14.9. The molecule has 10 nitrogen and oxygen atoms in total. The van der Waals surface area contributed by atoms with Gasteiger partial charge >= 0.3 is 11.7 Å². The van der Waals surface area contributed by atoms with Crippen LogP contribution in [-0.4, -0.2) is 34.3 Å². The number of thiophene rings is 1. The van der Waals surface area contributed by atoms with E-state index in [0.29, 0.717) is 34.9 Å². The van der Waals surface area contributed by atoms with Gasteiger partial charge in [-0.15, -0.1) is 11.3 Å². The third-order valence-electron chi connectivity index (χ3n) is 7.44. The highest BCUT2D eigenvalue weighted by Gasteiger charge is 2.25. The summed E-state index contributed by atoms with van der Waals surface area (Å²) in [6, 6.07) is 18.7. The zero-order chi connectivity index (χ0) is 33.5. The third kappa shape index (κ3) is 7.26. The smallest absolute Gasteiger partial charge is 0.337 e. The van der Waals surface area contributed by atoms with E-state index < -0.39 is 29.4 Å². The maximum Gasteiger partial charge on any atom is 0.337 e. The molecule has 2 amide bonds. The molecule has 1 unspecified atom stereocenters. The van der Waals surface area contributed by atoms with E-state index in [9.17, 15) is 23.2 Å². The molecule has 0 fully saturated rings. The van der Waals surface area contributed by atoms with Crippen LogP contribution in [0.5, 0.6) is 0 Å². The number of aromatic nitrogens is 2. The van der Waals surface area contributed by atoms with Gasteiger partial charge in [0.2, 0.25) is 0 Å². The average Bonchev–Trinajstić information content (AvgIpc) is 3.43. The number of nitrogens with zero attached hydrogens (tertiary/aromatic N) is 2. The second-order valence-electron chi connectivity index (χ2n) is 10.8. The lowest BCUT2D eigenvalue weighted by Crippen LogP contribution is -2.39. The van der Waals surface area contributed by atoms with Gasteiger partial charge in [0.1, 0.15) is 16.5 Å². The van der Waals surface area contributed by atoms with Gasteiger partial charge in [0, 0.05) is 54.2 Å². The van der Waals surface area contributed by atoms with Gasteiger partial charge in [0.05, 0.1) is 17.6 Å². The number of nitrogens with one attached hydrogen (secondary N) is 4. The average molecular weight is 660 g/mol. The summed E-state index contributed by atoms with van der Waals surface area (Å²) in [4.78, 5) is 41.4. The van der Waals surface area contributed by atoms with Gasteiger partial charge in [-0.3, -0.25) is 9.36 Å². The van der Waals surface area contributed by atoms with E-state index >= 15 is 0 Å². The second kappa shape index (κ2) is 14.9. The first kappa shape index (κ1) is 33.1. The monoisotopic (exact) mass is 659 g/mol. The van der Waals surface area contributed by atoms with E-state index in [1.54, 1.807) is 60.8 Å². The fourth-order valence-electron chi connectivity index (χ4n) is 5.19. The minimum absolute atomic E-state index is 0.00837. The molecule has 3 aromatic carbocycles. The highest BCUT2D eigenvalue weighted by atomic mass is 32.1. The van der Waals surface area contributed by atoms with Gasteiger partial charge in [0.15, 0.2) is 0 Å². The number of fused-ring (bicyclic) bond motifs is 1. The third-order valence-corrected chi connectivity index (χ3v) is 8.74. The summed E-state index contributed by atoms with van der Waals surface area (Å²) >= 11 is 1.19. The molecule has 5 rings (SSSR count). The van der Waals surface area contributed by atoms with E-state index in [2.05, 4.69) is 21.3 Å². The van der Waals surface area contributed by atoms with Crippen LogP contribution >= 0.6 is 11.3 Å². The predicted octanol–water partition coefficient (Wildman–Crippen LogP) is 4.85. The van der Waals surface area contributed by atoms with Crippen LogP contribution < -0.4 is 38.2 Å². The fourth-order valence-corrected chi connectivity index (χ4v) is 6.50. The van der Waals surface area contributed by atoms with Crippen LogP contribution in [0.25, 0.3) is 26.3 Å². The molecule has 0 aliphatic heterocycles. The minimum Gasteiger partial charge on any atom is -0.403 e. The largest absolute Gasteiger partial charge is 0.403 e. The van der Waals surface area contributed by atoms with Gasteiger partial charge in [-0.25, -0.2) is 22.9 Å². The minimum atomic E-state index is -0.801. The Morgan fingerprint density at radius 1 is 0.979 bits per heavy atom. The van der Waals surface area contributed by atoms with Crippen molar-refractivity contribution in [3.63, 3.8) is 0 Å². The maximum atomic E-state index is 14.9. The SMILES string of the molecule is CCNC(=O)Nc1ccc(-c2sc3c(c2CNCC(C)N/C=C\N)c(=O)n(-c2ccccc2)c(=O)n3Cc2c(F)cccc2F)cc1. The second-order valence-corrected chi connectivity index (χ2v) is 11.8. The molecular formula is C34H35F2N7O3S. The Kier molecular flexibility index (Phi) is 10.5. The number of rotatable bonds is 12. The Labute approximate surface area is 273 Å². The van der Waals surface area contributed by atoms with Crippen LogP contribution in [0.1, 0.15) is 25.0 Å². The van der Waals surface area contributed by atoms with Gasteiger partial charge < -0.3 is 27.0 Å². The van der Waals surface area contributed by atoms with Crippen molar-refractivity contribution in [2.75, 3.05) is 18.4 Å². The van der Waals surface area contributed by atoms with Crippen molar-refractivity contribution in [1.82, 2.24) is 25.1 Å². The van der Waals surface area contributed by atoms with Gasteiger partial charge in [-0.1, -0.05) is 36.4 Å². The molecule has 5 aromatic rings. The number of benzene rings is 3. The van der Waals surface area contributed by atoms with Crippen molar-refractivity contribution < 1.29 is 13.6 Å². The first-order valence-electron chi connectivity index (χ1n) is 15.0. The molecule has 0 bridgehead atoms. The lowest BCUT2D eigenvalue weighted by Gasteiger charge is -2.15. The number of urea groups is 1. The van der Waals surface area contributed by atoms with Crippen LogP contribution in [0.3, 0.4) is 0 Å². The van der Waals surface area contributed by atoms with Crippen molar-refractivity contribution in [3.05, 3.63) is 129 Å². The van der Waals surface area contributed by atoms with Crippen LogP contribution in [0.2, 0.25) is 0 Å². The number of carbonyl (C=O) groups excluding carboxylic acids is 1. The van der Waals surface area contributed by atoms with Crippen molar-refractivity contribution in [2.24, 2.45) is 5.73 Å². The van der Waals surface area contributed by atoms with Crippen molar-refractivity contribution in [2.45, 2.75) is 33.0 Å². The Morgan fingerprint density at radius 3 is 2.34 bits per heavy atom. The number of halogens is 2. The molecule has 2 heterocycles. The zero-order valence-corrected chi connectivity index (χ0v) is 26.7. The molecule has 244 valence electrons. The molecule has 1 atom stereocenters. The van der Waals surface area contributed by atoms with E-state index in [1.807, 2.05) is 13.8 Å². The molecule has 2 aromatic heterocycles. The lowest BCUT2D eigenvalue weighted by molar-refractivity contribution is 0.252. The summed E-state index contributed by atoms with van der Waals surface area (Å²) < 4.78 is 32.2. The lowest BCUT2D eigenvalue weighted by atomic mass is 10.1. The van der Waals surface area contributed by atoms with Crippen molar-refractivity contribution in [1.29, 1.82) is 0 Å².